The average Bonchev–Trinajstić information content (AvgIpc) is 2.55. The minimum atomic E-state index is 0.205. The van der Waals surface area contributed by atoms with Crippen LogP contribution >= 0.6 is 11.6 Å². The molecule has 2 aromatic carbocycles. The molecule has 2 nitrogen and oxygen atoms in total. The first-order valence-electron chi connectivity index (χ1n) is 7.61. The highest BCUT2D eigenvalue weighted by Crippen LogP contribution is 2.22. The van der Waals surface area contributed by atoms with Crippen molar-refractivity contribution in [2.24, 2.45) is 0 Å². The summed E-state index contributed by atoms with van der Waals surface area (Å²) >= 11 is 6.02. The van der Waals surface area contributed by atoms with E-state index in [1.54, 1.807) is 0 Å². The first-order valence-corrected chi connectivity index (χ1v) is 8.15. The van der Waals surface area contributed by atoms with Crippen LogP contribution in [0.5, 0.6) is 0 Å². The molecule has 1 saturated heterocycles. The molecule has 0 spiro atoms. The van der Waals surface area contributed by atoms with E-state index in [-0.39, 0.29) is 11.9 Å². The molecule has 0 N–H and O–H groups in total. The average molecular weight is 302 g/mol. The fourth-order valence-corrected chi connectivity index (χ4v) is 3.52. The highest BCUT2D eigenvalue weighted by Gasteiger charge is 2.26. The van der Waals surface area contributed by atoms with E-state index in [0.29, 0.717) is 12.3 Å². The van der Waals surface area contributed by atoms with E-state index in [4.69, 9.17) is 11.6 Å². The number of fused-ring (bicyclic) bond motifs is 1. The zero-order chi connectivity index (χ0) is 14.7. The molecular formula is C18H20ClNO. The SMILES string of the molecule is O=C(Cc1cccc2ccccc12)N1CCCCC1CCl. The third-order valence-electron chi connectivity index (χ3n) is 4.35. The number of carbonyl (C=O) groups is 1. The monoisotopic (exact) mass is 301 g/mol. The van der Waals surface area contributed by atoms with Gasteiger partial charge in [-0.1, -0.05) is 42.5 Å². The van der Waals surface area contributed by atoms with Gasteiger partial charge in [-0.3, -0.25) is 4.79 Å². The Balaban J connectivity index is 1.83. The Hall–Kier alpha value is -1.54. The Morgan fingerprint density at radius 1 is 1.14 bits per heavy atom. The van der Waals surface area contributed by atoms with Crippen LogP contribution in [0.25, 0.3) is 10.8 Å². The zero-order valence-corrected chi connectivity index (χ0v) is 12.9. The lowest BCUT2D eigenvalue weighted by molar-refractivity contribution is -0.133. The predicted octanol–water partition coefficient (Wildman–Crippen LogP) is 4.00. The summed E-state index contributed by atoms with van der Waals surface area (Å²) in [5, 5.41) is 2.36. The molecule has 21 heavy (non-hydrogen) atoms. The van der Waals surface area contributed by atoms with Crippen LogP contribution in [0.3, 0.4) is 0 Å². The standard InChI is InChI=1S/C18H20ClNO/c19-13-16-9-3-4-11-20(16)18(21)12-15-8-5-7-14-6-1-2-10-17(14)15/h1-2,5-8,10,16H,3-4,9,11-13H2. The first kappa shape index (κ1) is 14.4. The van der Waals surface area contributed by atoms with Gasteiger partial charge in [-0.2, -0.15) is 0 Å². The number of alkyl halides is 1. The molecule has 0 aliphatic carbocycles. The highest BCUT2D eigenvalue weighted by molar-refractivity contribution is 6.18. The Morgan fingerprint density at radius 3 is 2.81 bits per heavy atom. The number of carbonyl (C=O) groups excluding carboxylic acids is 1. The van der Waals surface area contributed by atoms with Crippen molar-refractivity contribution in [2.45, 2.75) is 31.7 Å². The second-order valence-corrected chi connectivity index (χ2v) is 6.01. The lowest BCUT2D eigenvalue weighted by Gasteiger charge is -2.34. The van der Waals surface area contributed by atoms with Gasteiger partial charge in [0.05, 0.1) is 6.42 Å². The fourth-order valence-electron chi connectivity index (χ4n) is 3.20. The number of hydrogen-bond acceptors (Lipinski definition) is 1. The van der Waals surface area contributed by atoms with Crippen LogP contribution < -0.4 is 0 Å². The summed E-state index contributed by atoms with van der Waals surface area (Å²) in [6, 6.07) is 14.6. The lowest BCUT2D eigenvalue weighted by Crippen LogP contribution is -2.45. The van der Waals surface area contributed by atoms with E-state index in [1.165, 1.54) is 17.2 Å². The molecule has 3 rings (SSSR count). The summed E-state index contributed by atoms with van der Waals surface area (Å²) in [5.41, 5.74) is 1.11. The molecule has 1 aliphatic heterocycles. The number of amides is 1. The van der Waals surface area contributed by atoms with Gasteiger partial charge >= 0.3 is 0 Å². The van der Waals surface area contributed by atoms with E-state index in [9.17, 15) is 4.79 Å². The number of nitrogens with zero attached hydrogens (tertiary/aromatic N) is 1. The van der Waals surface area contributed by atoms with Crippen molar-refractivity contribution in [1.82, 2.24) is 4.90 Å². The summed E-state index contributed by atoms with van der Waals surface area (Å²) in [7, 11) is 0. The highest BCUT2D eigenvalue weighted by atomic mass is 35.5. The summed E-state index contributed by atoms with van der Waals surface area (Å²) in [5.74, 6) is 0.748. The molecule has 0 radical (unpaired) electrons. The molecule has 0 aromatic heterocycles. The van der Waals surface area contributed by atoms with E-state index in [2.05, 4.69) is 24.3 Å². The maximum Gasteiger partial charge on any atom is 0.227 e. The Bertz CT molecular complexity index is 635. The van der Waals surface area contributed by atoms with Crippen LogP contribution in [0.1, 0.15) is 24.8 Å². The minimum Gasteiger partial charge on any atom is -0.338 e. The lowest BCUT2D eigenvalue weighted by atomic mass is 9.99. The van der Waals surface area contributed by atoms with Crippen molar-refractivity contribution in [1.29, 1.82) is 0 Å². The van der Waals surface area contributed by atoms with Crippen molar-refractivity contribution in [3.63, 3.8) is 0 Å². The molecule has 3 heteroatoms. The molecular weight excluding hydrogens is 282 g/mol. The van der Waals surface area contributed by atoms with Gasteiger partial charge in [0.15, 0.2) is 0 Å². The van der Waals surface area contributed by atoms with Crippen molar-refractivity contribution in [2.75, 3.05) is 12.4 Å². The van der Waals surface area contributed by atoms with Crippen molar-refractivity contribution in [3.8, 4) is 0 Å². The number of benzene rings is 2. The van der Waals surface area contributed by atoms with E-state index in [1.807, 2.05) is 23.1 Å². The van der Waals surface area contributed by atoms with Crippen molar-refractivity contribution < 1.29 is 4.79 Å². The summed E-state index contributed by atoms with van der Waals surface area (Å²) in [6.07, 6.45) is 3.77. The second kappa shape index (κ2) is 6.48. The second-order valence-electron chi connectivity index (χ2n) is 5.71. The van der Waals surface area contributed by atoms with Crippen LogP contribution in [0.15, 0.2) is 42.5 Å². The third-order valence-corrected chi connectivity index (χ3v) is 4.70. The van der Waals surface area contributed by atoms with Gasteiger partial charge in [-0.05, 0) is 35.6 Å². The number of likely N-dealkylation sites (tertiary alicyclic amines) is 1. The van der Waals surface area contributed by atoms with Crippen LogP contribution in [0.2, 0.25) is 0 Å². The molecule has 1 atom stereocenters. The molecule has 1 aliphatic rings. The largest absolute Gasteiger partial charge is 0.338 e. The number of piperidine rings is 1. The summed E-state index contributed by atoms with van der Waals surface area (Å²) < 4.78 is 0. The molecule has 1 fully saturated rings. The van der Waals surface area contributed by atoms with Crippen LogP contribution in [-0.4, -0.2) is 29.3 Å². The van der Waals surface area contributed by atoms with Crippen LogP contribution in [0, 0.1) is 0 Å². The maximum atomic E-state index is 12.6. The van der Waals surface area contributed by atoms with Gasteiger partial charge < -0.3 is 4.90 Å². The summed E-state index contributed by atoms with van der Waals surface area (Å²) in [6.45, 7) is 0.848. The van der Waals surface area contributed by atoms with Gasteiger partial charge in [0, 0.05) is 18.5 Å². The Kier molecular flexibility index (Phi) is 4.45. The summed E-state index contributed by atoms with van der Waals surface area (Å²) in [4.78, 5) is 14.6. The quantitative estimate of drug-likeness (QED) is 0.785. The fraction of sp³-hybridized carbons (Fsp3) is 0.389. The molecule has 0 saturated carbocycles. The predicted molar refractivity (Wildman–Crippen MR) is 87.7 cm³/mol. The molecule has 1 unspecified atom stereocenters. The third kappa shape index (κ3) is 3.06. The Morgan fingerprint density at radius 2 is 1.95 bits per heavy atom. The van der Waals surface area contributed by atoms with Gasteiger partial charge in [0.1, 0.15) is 0 Å². The first-order chi connectivity index (χ1) is 10.3. The Labute approximate surface area is 130 Å². The van der Waals surface area contributed by atoms with Gasteiger partial charge in [0.25, 0.3) is 0 Å². The van der Waals surface area contributed by atoms with Gasteiger partial charge in [-0.15, -0.1) is 11.6 Å². The van der Waals surface area contributed by atoms with Crippen molar-refractivity contribution >= 4 is 28.3 Å². The smallest absolute Gasteiger partial charge is 0.227 e. The van der Waals surface area contributed by atoms with Gasteiger partial charge in [0.2, 0.25) is 5.91 Å². The molecule has 2 aromatic rings. The molecule has 0 bridgehead atoms. The molecule has 110 valence electrons. The van der Waals surface area contributed by atoms with Gasteiger partial charge in [-0.25, -0.2) is 0 Å². The number of rotatable bonds is 3. The minimum absolute atomic E-state index is 0.205. The van der Waals surface area contributed by atoms with E-state index >= 15 is 0 Å². The normalized spacial score (nSPS) is 18.9. The zero-order valence-electron chi connectivity index (χ0n) is 12.1. The van der Waals surface area contributed by atoms with Crippen LogP contribution in [-0.2, 0) is 11.2 Å². The van der Waals surface area contributed by atoms with Crippen LogP contribution in [0.4, 0.5) is 0 Å². The number of halogens is 1. The van der Waals surface area contributed by atoms with E-state index in [0.717, 1.165) is 24.9 Å². The number of hydrogen-bond donors (Lipinski definition) is 0. The molecule has 1 amide bonds. The topological polar surface area (TPSA) is 20.3 Å². The van der Waals surface area contributed by atoms with Crippen molar-refractivity contribution in [3.05, 3.63) is 48.0 Å². The van der Waals surface area contributed by atoms with E-state index < -0.39 is 0 Å². The molecule has 1 heterocycles. The maximum absolute atomic E-state index is 12.6.